The van der Waals surface area contributed by atoms with E-state index in [1.807, 2.05) is 0 Å². The number of nitrogens with zero attached hydrogens (tertiary/aromatic N) is 1. The summed E-state index contributed by atoms with van der Waals surface area (Å²) in [7, 11) is -2.82. The first-order chi connectivity index (χ1) is 6.83. The third kappa shape index (κ3) is 11.6. The van der Waals surface area contributed by atoms with Crippen LogP contribution in [-0.4, -0.2) is 25.2 Å². The van der Waals surface area contributed by atoms with Crippen LogP contribution >= 0.6 is 0 Å². The molecule has 15 heavy (non-hydrogen) atoms. The highest BCUT2D eigenvalue weighted by atomic mass is 35.7. The minimum absolute atomic E-state index is 1.15. The van der Waals surface area contributed by atoms with E-state index in [9.17, 15) is 0 Å². The van der Waals surface area contributed by atoms with Gasteiger partial charge in [0, 0.05) is 7.05 Å². The van der Waals surface area contributed by atoms with Gasteiger partial charge in [0.25, 0.3) is 0 Å². The van der Waals surface area contributed by atoms with Crippen LogP contribution < -0.4 is 23.5 Å². The van der Waals surface area contributed by atoms with Crippen LogP contribution in [0.25, 0.3) is 0 Å². The fourth-order valence-corrected chi connectivity index (χ4v) is 1.22. The van der Waals surface area contributed by atoms with Crippen LogP contribution in [0.3, 0.4) is 0 Å². The number of quaternary nitrogens is 1. The minimum atomic E-state index is -4.94. The van der Waals surface area contributed by atoms with Crippen molar-refractivity contribution >= 4 is 0 Å². The van der Waals surface area contributed by atoms with E-state index in [1.165, 1.54) is 19.4 Å². The SMILES string of the molecule is CCCC[NH+]1C=CN(C)C1.[O-][Cl+3]([O-])([O-])[O-]. The Labute approximate surface area is 91.8 Å². The smallest absolute Gasteiger partial charge is 0.156 e. The molecule has 0 fully saturated rings. The minimum Gasteiger partial charge on any atom is -0.329 e. The molecular weight excluding hydrogens is 224 g/mol. The molecule has 7 heteroatoms. The van der Waals surface area contributed by atoms with Crippen molar-refractivity contribution in [1.29, 1.82) is 0 Å². The second-order valence-electron chi connectivity index (χ2n) is 3.37. The Kier molecular flexibility index (Phi) is 6.82. The number of hydrogen-bond donors (Lipinski definition) is 1. The fourth-order valence-electron chi connectivity index (χ4n) is 1.22. The lowest BCUT2D eigenvalue weighted by atomic mass is 10.3. The van der Waals surface area contributed by atoms with Crippen LogP contribution in [0.2, 0.25) is 0 Å². The molecule has 1 rings (SSSR count). The molecule has 1 unspecified atom stereocenters. The number of hydrogen-bond acceptors (Lipinski definition) is 5. The Morgan fingerprint density at radius 3 is 2.20 bits per heavy atom. The molecule has 0 radical (unpaired) electrons. The number of unbranched alkanes of at least 4 members (excludes halogenated alkanes) is 1. The molecule has 6 nitrogen and oxygen atoms in total. The van der Waals surface area contributed by atoms with Gasteiger partial charge < -0.3 is 4.90 Å². The highest BCUT2D eigenvalue weighted by Gasteiger charge is 2.11. The number of nitrogens with one attached hydrogen (secondary N) is 1. The lowest BCUT2D eigenvalue weighted by Crippen LogP contribution is -3.07. The quantitative estimate of drug-likeness (QED) is 0.534. The molecule has 1 heterocycles. The fraction of sp³-hybridized carbons (Fsp3) is 0.750. The second-order valence-corrected chi connectivity index (χ2v) is 4.13. The molecule has 1 aliphatic heterocycles. The Morgan fingerprint density at radius 2 is 1.87 bits per heavy atom. The maximum Gasteiger partial charge on any atom is 0.156 e. The topological polar surface area (TPSA) is 99.9 Å². The van der Waals surface area contributed by atoms with E-state index < -0.39 is 10.2 Å². The van der Waals surface area contributed by atoms with E-state index in [4.69, 9.17) is 18.6 Å². The number of rotatable bonds is 3. The lowest BCUT2D eigenvalue weighted by molar-refractivity contribution is -2.00. The van der Waals surface area contributed by atoms with E-state index in [-0.39, 0.29) is 0 Å². The van der Waals surface area contributed by atoms with Gasteiger partial charge in [-0.3, -0.25) is 4.90 Å². The predicted octanol–water partition coefficient (Wildman–Crippen LogP) is -4.71. The van der Waals surface area contributed by atoms with Gasteiger partial charge in [-0.05, 0) is 6.42 Å². The molecule has 0 aromatic heterocycles. The first kappa shape index (κ1) is 14.6. The van der Waals surface area contributed by atoms with Crippen molar-refractivity contribution in [2.24, 2.45) is 0 Å². The highest BCUT2D eigenvalue weighted by Crippen LogP contribution is 1.85. The molecule has 1 N–H and O–H groups in total. The zero-order valence-electron chi connectivity index (χ0n) is 8.94. The number of halogens is 1. The normalized spacial score (nSPS) is 20.1. The summed E-state index contributed by atoms with van der Waals surface area (Å²) in [4.78, 5) is 3.81. The van der Waals surface area contributed by atoms with Gasteiger partial charge in [0.1, 0.15) is 6.20 Å². The van der Waals surface area contributed by atoms with Crippen LogP contribution in [0.5, 0.6) is 0 Å². The Morgan fingerprint density at radius 1 is 1.33 bits per heavy atom. The second kappa shape index (κ2) is 7.00. The molecule has 1 atom stereocenters. The van der Waals surface area contributed by atoms with Crippen molar-refractivity contribution in [2.75, 3.05) is 20.3 Å². The van der Waals surface area contributed by atoms with Crippen LogP contribution in [0, 0.1) is 10.2 Å². The largest absolute Gasteiger partial charge is 0.329 e. The molecule has 1 aliphatic rings. The van der Waals surface area contributed by atoms with Crippen LogP contribution in [0.4, 0.5) is 0 Å². The van der Waals surface area contributed by atoms with E-state index >= 15 is 0 Å². The first-order valence-electron chi connectivity index (χ1n) is 4.68. The summed E-state index contributed by atoms with van der Waals surface area (Å²) in [5.74, 6) is 0. The molecule has 0 spiro atoms. The van der Waals surface area contributed by atoms with Crippen molar-refractivity contribution in [3.05, 3.63) is 12.4 Å². The van der Waals surface area contributed by atoms with Gasteiger partial charge in [0.05, 0.1) is 12.7 Å². The molecule has 0 aromatic rings. The average Bonchev–Trinajstić information content (AvgIpc) is 2.45. The van der Waals surface area contributed by atoms with Gasteiger partial charge >= 0.3 is 0 Å². The molecular formula is C8H17ClN2O4. The van der Waals surface area contributed by atoms with Crippen molar-refractivity contribution in [3.63, 3.8) is 0 Å². The lowest BCUT2D eigenvalue weighted by Gasteiger charge is -2.17. The first-order valence-corrected chi connectivity index (χ1v) is 5.91. The monoisotopic (exact) mass is 240 g/mol. The van der Waals surface area contributed by atoms with E-state index in [0.29, 0.717) is 0 Å². The average molecular weight is 241 g/mol. The summed E-state index contributed by atoms with van der Waals surface area (Å²) in [6.45, 7) is 4.68. The zero-order valence-corrected chi connectivity index (χ0v) is 9.70. The summed E-state index contributed by atoms with van der Waals surface area (Å²) >= 11 is 0. The van der Waals surface area contributed by atoms with Gasteiger partial charge in [0.15, 0.2) is 6.67 Å². The maximum atomic E-state index is 8.49. The third-order valence-corrected chi connectivity index (χ3v) is 1.87. The van der Waals surface area contributed by atoms with E-state index in [1.54, 1.807) is 4.90 Å². The summed E-state index contributed by atoms with van der Waals surface area (Å²) in [6.07, 6.45) is 7.05. The van der Waals surface area contributed by atoms with Crippen molar-refractivity contribution in [2.45, 2.75) is 19.8 Å². The van der Waals surface area contributed by atoms with Crippen molar-refractivity contribution in [3.8, 4) is 0 Å². The van der Waals surface area contributed by atoms with Gasteiger partial charge in [-0.15, -0.1) is 10.2 Å². The van der Waals surface area contributed by atoms with Crippen LogP contribution in [0.15, 0.2) is 12.4 Å². The maximum absolute atomic E-state index is 8.49. The highest BCUT2D eigenvalue weighted by molar-refractivity contribution is 4.74. The van der Waals surface area contributed by atoms with E-state index in [0.717, 1.165) is 6.67 Å². The Balaban J connectivity index is 0.000000336. The molecule has 0 aromatic carbocycles. The summed E-state index contributed by atoms with van der Waals surface area (Å²) < 4.78 is 34.0. The standard InChI is InChI=1S/C8H16N2.ClHO4/c1-3-4-5-10-7-6-9(2)8-10;2-1(3,4)5/h6-7H,3-5,8H2,1-2H3;(H,2,3,4,5). The molecule has 0 saturated carbocycles. The molecule has 0 bridgehead atoms. The van der Waals surface area contributed by atoms with Gasteiger partial charge in [-0.25, -0.2) is 18.6 Å². The Hall–Kier alpha value is -0.370. The molecule has 0 amide bonds. The van der Waals surface area contributed by atoms with Crippen LogP contribution in [0.1, 0.15) is 19.8 Å². The Bertz CT molecular complexity index is 190. The van der Waals surface area contributed by atoms with Crippen LogP contribution in [-0.2, 0) is 0 Å². The van der Waals surface area contributed by atoms with Gasteiger partial charge in [-0.2, -0.15) is 0 Å². The molecule has 90 valence electrons. The summed E-state index contributed by atoms with van der Waals surface area (Å²) in [5.41, 5.74) is 0. The third-order valence-electron chi connectivity index (χ3n) is 1.87. The van der Waals surface area contributed by atoms with Gasteiger partial charge in [0.2, 0.25) is 0 Å². The van der Waals surface area contributed by atoms with E-state index in [2.05, 4.69) is 31.3 Å². The summed E-state index contributed by atoms with van der Waals surface area (Å²) in [6, 6.07) is 0. The molecule has 0 aliphatic carbocycles. The zero-order chi connectivity index (χ0) is 11.9. The van der Waals surface area contributed by atoms with Gasteiger partial charge in [-0.1, -0.05) is 13.3 Å². The summed E-state index contributed by atoms with van der Waals surface area (Å²) in [5, 5.41) is 0. The van der Waals surface area contributed by atoms with Crippen molar-refractivity contribution < 1.29 is 33.8 Å². The molecule has 0 saturated heterocycles. The predicted molar refractivity (Wildman–Crippen MR) is 42.5 cm³/mol. The van der Waals surface area contributed by atoms with Crippen molar-refractivity contribution in [1.82, 2.24) is 4.90 Å².